The minimum absolute atomic E-state index is 0.103. The fourth-order valence-corrected chi connectivity index (χ4v) is 5.30. The van der Waals surface area contributed by atoms with Crippen LogP contribution in [0, 0.1) is 18.6 Å². The van der Waals surface area contributed by atoms with Gasteiger partial charge in [-0.05, 0) is 32.3 Å². The Hall–Kier alpha value is -2.86. The van der Waals surface area contributed by atoms with Crippen LogP contribution < -0.4 is 0 Å². The van der Waals surface area contributed by atoms with Crippen LogP contribution in [0.4, 0.5) is 8.78 Å². The first-order valence-corrected chi connectivity index (χ1v) is 12.3. The molecule has 0 aliphatic carbocycles. The molecule has 0 radical (unpaired) electrons. The summed E-state index contributed by atoms with van der Waals surface area (Å²) in [7, 11) is -3.84. The van der Waals surface area contributed by atoms with Gasteiger partial charge < -0.3 is 4.74 Å². The summed E-state index contributed by atoms with van der Waals surface area (Å²) < 4.78 is 62.6. The van der Waals surface area contributed by atoms with E-state index in [1.54, 1.807) is 26.2 Å². The van der Waals surface area contributed by atoms with Crippen LogP contribution in [0.1, 0.15) is 61.7 Å². The number of ether oxygens (including phenoxy) is 1. The first-order chi connectivity index (χ1) is 15.7. The highest BCUT2D eigenvalue weighted by molar-refractivity contribution is 7.91. The Morgan fingerprint density at radius 1 is 1.12 bits per heavy atom. The second kappa shape index (κ2) is 9.18. The van der Waals surface area contributed by atoms with Crippen molar-refractivity contribution in [1.82, 2.24) is 29.7 Å². The Balaban J connectivity index is 1.72. The molecule has 3 atom stereocenters. The average molecular weight is 479 g/mol. The van der Waals surface area contributed by atoms with Crippen LogP contribution >= 0.6 is 0 Å². The predicted molar refractivity (Wildman–Crippen MR) is 114 cm³/mol. The fourth-order valence-electron chi connectivity index (χ4n) is 3.75. The van der Waals surface area contributed by atoms with Gasteiger partial charge in [0.2, 0.25) is 0 Å². The standard InChI is InChI=1S/C21H24F2N6O3S/c1-12-7-25-20(26-8-12)13(2)14(3)33(30,31)11-18-27-28-21(17-5-4-6-32-17)29(18)19-15(22)9-24-10-16(19)23/h7-10,13-14,17H,4-6,11H2,1-3H3/t13-,14-,17-/m0/s1. The van der Waals surface area contributed by atoms with Gasteiger partial charge in [0.1, 0.15) is 23.4 Å². The van der Waals surface area contributed by atoms with Crippen molar-refractivity contribution >= 4 is 9.84 Å². The fraction of sp³-hybridized carbons (Fsp3) is 0.476. The molecular weight excluding hydrogens is 454 g/mol. The lowest BCUT2D eigenvalue weighted by Crippen LogP contribution is -2.28. The highest BCUT2D eigenvalue weighted by Gasteiger charge is 2.34. The molecule has 4 heterocycles. The zero-order valence-electron chi connectivity index (χ0n) is 18.4. The lowest BCUT2D eigenvalue weighted by atomic mass is 10.1. The zero-order valence-corrected chi connectivity index (χ0v) is 19.3. The van der Waals surface area contributed by atoms with Crippen molar-refractivity contribution in [2.24, 2.45) is 0 Å². The monoisotopic (exact) mass is 478 g/mol. The number of aryl methyl sites for hydroxylation is 1. The lowest BCUT2D eigenvalue weighted by Gasteiger charge is -2.20. The van der Waals surface area contributed by atoms with Gasteiger partial charge in [-0.1, -0.05) is 6.92 Å². The van der Waals surface area contributed by atoms with E-state index in [-0.39, 0.29) is 11.6 Å². The van der Waals surface area contributed by atoms with Crippen LogP contribution in [-0.2, 0) is 20.3 Å². The molecule has 12 heteroatoms. The molecule has 0 spiro atoms. The van der Waals surface area contributed by atoms with Crippen LogP contribution in [0.2, 0.25) is 0 Å². The number of sulfone groups is 1. The second-order valence-electron chi connectivity index (χ2n) is 8.18. The molecular formula is C21H24F2N6O3S. The SMILES string of the molecule is Cc1cnc([C@@H](C)[C@H](C)S(=O)(=O)Cc2nnc([C@@H]3CCCO3)n2-c2c(F)cncc2F)nc1. The molecule has 176 valence electrons. The quantitative estimate of drug-likeness (QED) is 0.509. The van der Waals surface area contributed by atoms with Gasteiger partial charge in [-0.15, -0.1) is 10.2 Å². The summed E-state index contributed by atoms with van der Waals surface area (Å²) in [5.74, 6) is -2.56. The molecule has 0 bridgehead atoms. The second-order valence-corrected chi connectivity index (χ2v) is 10.5. The molecule has 1 aliphatic rings. The molecule has 0 aromatic carbocycles. The van der Waals surface area contributed by atoms with Gasteiger partial charge in [-0.2, -0.15) is 0 Å². The van der Waals surface area contributed by atoms with E-state index < -0.39 is 50.2 Å². The minimum Gasteiger partial charge on any atom is -0.370 e. The molecule has 0 saturated carbocycles. The van der Waals surface area contributed by atoms with E-state index in [9.17, 15) is 17.2 Å². The van der Waals surface area contributed by atoms with Gasteiger partial charge in [0.15, 0.2) is 33.1 Å². The van der Waals surface area contributed by atoms with Gasteiger partial charge in [-0.25, -0.2) is 27.2 Å². The van der Waals surface area contributed by atoms with Crippen LogP contribution in [0.15, 0.2) is 24.8 Å². The first-order valence-electron chi connectivity index (χ1n) is 10.5. The third-order valence-electron chi connectivity index (χ3n) is 5.83. The summed E-state index contributed by atoms with van der Waals surface area (Å²) >= 11 is 0. The van der Waals surface area contributed by atoms with E-state index in [0.717, 1.165) is 28.9 Å². The molecule has 1 aliphatic heterocycles. The molecule has 4 rings (SSSR count). The minimum atomic E-state index is -3.84. The van der Waals surface area contributed by atoms with Crippen molar-refractivity contribution in [3.05, 3.63) is 59.5 Å². The zero-order chi connectivity index (χ0) is 23.8. The number of nitrogens with zero attached hydrogens (tertiary/aromatic N) is 6. The van der Waals surface area contributed by atoms with E-state index in [2.05, 4.69) is 25.1 Å². The molecule has 0 amide bonds. The van der Waals surface area contributed by atoms with E-state index in [1.165, 1.54) is 0 Å². The van der Waals surface area contributed by atoms with Gasteiger partial charge in [-0.3, -0.25) is 9.55 Å². The van der Waals surface area contributed by atoms with E-state index in [0.29, 0.717) is 18.9 Å². The molecule has 33 heavy (non-hydrogen) atoms. The summed E-state index contributed by atoms with van der Waals surface area (Å²) in [4.78, 5) is 12.0. The number of rotatable bonds is 7. The maximum atomic E-state index is 14.6. The van der Waals surface area contributed by atoms with Gasteiger partial charge >= 0.3 is 0 Å². The Labute approximate surface area is 190 Å². The Morgan fingerprint density at radius 3 is 2.39 bits per heavy atom. The third-order valence-corrected chi connectivity index (χ3v) is 8.04. The maximum absolute atomic E-state index is 14.6. The lowest BCUT2D eigenvalue weighted by molar-refractivity contribution is 0.103. The number of hydrogen-bond donors (Lipinski definition) is 0. The summed E-state index contributed by atoms with van der Waals surface area (Å²) in [6.07, 6.45) is 5.74. The van der Waals surface area contributed by atoms with Crippen LogP contribution in [0.5, 0.6) is 0 Å². The topological polar surface area (TPSA) is 113 Å². The van der Waals surface area contributed by atoms with Crippen molar-refractivity contribution in [3.8, 4) is 5.69 Å². The molecule has 0 N–H and O–H groups in total. The highest BCUT2D eigenvalue weighted by atomic mass is 32.2. The van der Waals surface area contributed by atoms with E-state index in [1.807, 2.05) is 6.92 Å². The van der Waals surface area contributed by atoms with Gasteiger partial charge in [0, 0.05) is 24.9 Å². The number of aromatic nitrogens is 6. The number of hydrogen-bond acceptors (Lipinski definition) is 8. The number of pyridine rings is 1. The Morgan fingerprint density at radius 2 is 1.79 bits per heavy atom. The summed E-state index contributed by atoms with van der Waals surface area (Å²) in [5.41, 5.74) is 0.380. The summed E-state index contributed by atoms with van der Waals surface area (Å²) in [6.45, 7) is 5.58. The normalized spacial score (nSPS) is 18.4. The van der Waals surface area contributed by atoms with Crippen LogP contribution in [-0.4, -0.2) is 50.0 Å². The van der Waals surface area contributed by atoms with Crippen LogP contribution in [0.25, 0.3) is 5.69 Å². The Kier molecular flexibility index (Phi) is 6.48. The Bertz CT molecular complexity index is 1220. The van der Waals surface area contributed by atoms with Crippen LogP contribution in [0.3, 0.4) is 0 Å². The van der Waals surface area contributed by atoms with Gasteiger partial charge in [0.05, 0.1) is 17.6 Å². The maximum Gasteiger partial charge on any atom is 0.168 e. The summed E-state index contributed by atoms with van der Waals surface area (Å²) in [6, 6.07) is 0. The van der Waals surface area contributed by atoms with Crippen molar-refractivity contribution in [2.75, 3.05) is 6.61 Å². The first kappa shape index (κ1) is 23.3. The molecule has 9 nitrogen and oxygen atoms in total. The van der Waals surface area contributed by atoms with E-state index in [4.69, 9.17) is 4.74 Å². The molecule has 3 aromatic rings. The average Bonchev–Trinajstić information content (AvgIpc) is 3.43. The highest BCUT2D eigenvalue weighted by Crippen LogP contribution is 2.32. The largest absolute Gasteiger partial charge is 0.370 e. The third kappa shape index (κ3) is 4.62. The van der Waals surface area contributed by atoms with Crippen molar-refractivity contribution in [2.45, 2.75) is 56.6 Å². The van der Waals surface area contributed by atoms with Crippen molar-refractivity contribution in [3.63, 3.8) is 0 Å². The van der Waals surface area contributed by atoms with Crippen molar-refractivity contribution in [1.29, 1.82) is 0 Å². The molecule has 3 aromatic heterocycles. The predicted octanol–water partition coefficient (Wildman–Crippen LogP) is 3.00. The molecule has 1 fully saturated rings. The van der Waals surface area contributed by atoms with E-state index >= 15 is 0 Å². The summed E-state index contributed by atoms with van der Waals surface area (Å²) in [5, 5.41) is 7.17. The molecule has 1 saturated heterocycles. The van der Waals surface area contributed by atoms with Crippen molar-refractivity contribution < 1.29 is 21.9 Å². The smallest absolute Gasteiger partial charge is 0.168 e. The molecule has 0 unspecified atom stereocenters. The van der Waals surface area contributed by atoms with Gasteiger partial charge in [0.25, 0.3) is 0 Å². The number of halogens is 2.